The standard InChI is InChI=1S/C15H20BrN5OS/c1-9(2)8-21-15(18-19-20-21)23-11(4)14(22)17-13-6-5-10(3)7-12(13)16/h5-7,9,11H,8H2,1-4H3,(H,17,22). The van der Waals surface area contributed by atoms with Gasteiger partial charge in [0.25, 0.3) is 0 Å². The van der Waals surface area contributed by atoms with Crippen molar-refractivity contribution in [3.05, 3.63) is 28.2 Å². The maximum absolute atomic E-state index is 12.4. The number of carbonyl (C=O) groups is 1. The Morgan fingerprint density at radius 3 is 2.78 bits per heavy atom. The van der Waals surface area contributed by atoms with E-state index in [2.05, 4.69) is 50.6 Å². The van der Waals surface area contributed by atoms with Crippen molar-refractivity contribution in [3.8, 4) is 0 Å². The number of rotatable bonds is 6. The van der Waals surface area contributed by atoms with Gasteiger partial charge in [0.1, 0.15) is 0 Å². The van der Waals surface area contributed by atoms with Gasteiger partial charge in [-0.25, -0.2) is 4.68 Å². The van der Waals surface area contributed by atoms with Crippen molar-refractivity contribution >= 4 is 39.3 Å². The SMILES string of the molecule is Cc1ccc(NC(=O)C(C)Sc2nnnn2CC(C)C)c(Br)c1. The van der Waals surface area contributed by atoms with Crippen LogP contribution in [-0.2, 0) is 11.3 Å². The number of anilines is 1. The molecule has 2 rings (SSSR count). The Balaban J connectivity index is 2.01. The van der Waals surface area contributed by atoms with Gasteiger partial charge in [0.2, 0.25) is 11.1 Å². The second-order valence-corrected chi connectivity index (χ2v) is 7.93. The number of aryl methyl sites for hydroxylation is 1. The topological polar surface area (TPSA) is 72.7 Å². The first kappa shape index (κ1) is 17.9. The van der Waals surface area contributed by atoms with Gasteiger partial charge in [-0.1, -0.05) is 31.7 Å². The van der Waals surface area contributed by atoms with Crippen molar-refractivity contribution in [2.45, 2.75) is 44.6 Å². The van der Waals surface area contributed by atoms with Crippen LogP contribution < -0.4 is 5.32 Å². The fraction of sp³-hybridized carbons (Fsp3) is 0.467. The summed E-state index contributed by atoms with van der Waals surface area (Å²) >= 11 is 4.82. The van der Waals surface area contributed by atoms with E-state index >= 15 is 0 Å². The van der Waals surface area contributed by atoms with E-state index in [-0.39, 0.29) is 11.2 Å². The Hall–Kier alpha value is -1.41. The Labute approximate surface area is 148 Å². The molecule has 124 valence electrons. The molecule has 0 aliphatic heterocycles. The molecule has 0 saturated carbocycles. The maximum Gasteiger partial charge on any atom is 0.237 e. The summed E-state index contributed by atoms with van der Waals surface area (Å²) in [4.78, 5) is 12.4. The molecule has 2 aromatic rings. The number of aromatic nitrogens is 4. The zero-order valence-electron chi connectivity index (χ0n) is 13.6. The van der Waals surface area contributed by atoms with E-state index < -0.39 is 0 Å². The van der Waals surface area contributed by atoms with E-state index in [0.29, 0.717) is 11.1 Å². The molecular weight excluding hydrogens is 378 g/mol. The Bertz CT molecular complexity index is 688. The zero-order chi connectivity index (χ0) is 17.0. The Morgan fingerprint density at radius 2 is 2.13 bits per heavy atom. The molecule has 1 N–H and O–H groups in total. The number of thioether (sulfide) groups is 1. The van der Waals surface area contributed by atoms with Crippen molar-refractivity contribution < 1.29 is 4.79 Å². The van der Waals surface area contributed by atoms with Gasteiger partial charge in [-0.05, 0) is 63.8 Å². The van der Waals surface area contributed by atoms with E-state index in [1.165, 1.54) is 11.8 Å². The number of hydrogen-bond donors (Lipinski definition) is 1. The number of carbonyl (C=O) groups excluding carboxylic acids is 1. The lowest BCUT2D eigenvalue weighted by atomic mass is 10.2. The molecule has 1 heterocycles. The molecule has 0 radical (unpaired) electrons. The van der Waals surface area contributed by atoms with E-state index in [0.717, 1.165) is 22.3 Å². The molecule has 0 fully saturated rings. The summed E-state index contributed by atoms with van der Waals surface area (Å²) in [6.45, 7) is 8.77. The maximum atomic E-state index is 12.4. The quantitative estimate of drug-likeness (QED) is 0.754. The minimum atomic E-state index is -0.305. The van der Waals surface area contributed by atoms with Gasteiger partial charge in [-0.15, -0.1) is 5.10 Å². The second kappa shape index (κ2) is 7.92. The molecule has 1 unspecified atom stereocenters. The molecular formula is C15H20BrN5OS. The van der Waals surface area contributed by atoms with Crippen LogP contribution in [0.25, 0.3) is 0 Å². The van der Waals surface area contributed by atoms with Crippen molar-refractivity contribution in [2.24, 2.45) is 5.92 Å². The van der Waals surface area contributed by atoms with Crippen LogP contribution in [0.2, 0.25) is 0 Å². The molecule has 23 heavy (non-hydrogen) atoms. The van der Waals surface area contributed by atoms with Gasteiger partial charge in [-0.3, -0.25) is 4.79 Å². The predicted molar refractivity (Wildman–Crippen MR) is 95.5 cm³/mol. The summed E-state index contributed by atoms with van der Waals surface area (Å²) in [5, 5.41) is 15.0. The highest BCUT2D eigenvalue weighted by atomic mass is 79.9. The van der Waals surface area contributed by atoms with Gasteiger partial charge in [0, 0.05) is 11.0 Å². The number of benzene rings is 1. The van der Waals surface area contributed by atoms with Crippen LogP contribution in [0.1, 0.15) is 26.3 Å². The van der Waals surface area contributed by atoms with E-state index in [1.54, 1.807) is 4.68 Å². The van der Waals surface area contributed by atoms with E-state index in [9.17, 15) is 4.79 Å². The molecule has 0 spiro atoms. The van der Waals surface area contributed by atoms with Crippen molar-refractivity contribution in [3.63, 3.8) is 0 Å². The number of nitrogens with one attached hydrogen (secondary N) is 1. The highest BCUT2D eigenvalue weighted by Crippen LogP contribution is 2.26. The normalized spacial score (nSPS) is 12.4. The number of hydrogen-bond acceptors (Lipinski definition) is 5. The number of nitrogens with zero attached hydrogens (tertiary/aromatic N) is 4. The van der Waals surface area contributed by atoms with Gasteiger partial charge >= 0.3 is 0 Å². The molecule has 1 amide bonds. The second-order valence-electron chi connectivity index (χ2n) is 5.77. The molecule has 8 heteroatoms. The smallest absolute Gasteiger partial charge is 0.237 e. The van der Waals surface area contributed by atoms with Crippen LogP contribution in [0.4, 0.5) is 5.69 Å². The average Bonchev–Trinajstić information content (AvgIpc) is 2.88. The molecule has 1 atom stereocenters. The Kier molecular flexibility index (Phi) is 6.17. The molecule has 0 bridgehead atoms. The highest BCUT2D eigenvalue weighted by Gasteiger charge is 2.19. The number of amides is 1. The third-order valence-corrected chi connectivity index (χ3v) is 4.80. The van der Waals surface area contributed by atoms with Crippen molar-refractivity contribution in [1.82, 2.24) is 20.2 Å². The number of tetrazole rings is 1. The average molecular weight is 398 g/mol. The largest absolute Gasteiger partial charge is 0.324 e. The summed E-state index contributed by atoms with van der Waals surface area (Å²) in [5.74, 6) is 0.351. The van der Waals surface area contributed by atoms with Gasteiger partial charge in [0.15, 0.2) is 0 Å². The summed E-state index contributed by atoms with van der Waals surface area (Å²) in [6, 6.07) is 5.81. The van der Waals surface area contributed by atoms with Crippen LogP contribution in [-0.4, -0.2) is 31.4 Å². The summed E-state index contributed by atoms with van der Waals surface area (Å²) < 4.78 is 2.61. The monoisotopic (exact) mass is 397 g/mol. The lowest BCUT2D eigenvalue weighted by Gasteiger charge is -2.13. The van der Waals surface area contributed by atoms with Gasteiger partial charge < -0.3 is 5.32 Å². The lowest BCUT2D eigenvalue weighted by molar-refractivity contribution is -0.115. The molecule has 0 aliphatic rings. The first-order valence-corrected chi connectivity index (χ1v) is 9.04. The van der Waals surface area contributed by atoms with Crippen molar-refractivity contribution in [2.75, 3.05) is 5.32 Å². The first-order chi connectivity index (χ1) is 10.9. The van der Waals surface area contributed by atoms with Crippen LogP contribution >= 0.6 is 27.7 Å². The minimum Gasteiger partial charge on any atom is -0.324 e. The molecule has 0 aliphatic carbocycles. The molecule has 1 aromatic carbocycles. The van der Waals surface area contributed by atoms with E-state index in [4.69, 9.17) is 0 Å². The summed E-state index contributed by atoms with van der Waals surface area (Å²) in [7, 11) is 0. The fourth-order valence-corrected chi connectivity index (χ4v) is 3.30. The van der Waals surface area contributed by atoms with Crippen LogP contribution in [0.5, 0.6) is 0 Å². The molecule has 6 nitrogen and oxygen atoms in total. The molecule has 1 aromatic heterocycles. The van der Waals surface area contributed by atoms with Crippen LogP contribution in [0.3, 0.4) is 0 Å². The summed E-state index contributed by atoms with van der Waals surface area (Å²) in [5.41, 5.74) is 1.89. The van der Waals surface area contributed by atoms with Crippen molar-refractivity contribution in [1.29, 1.82) is 0 Å². The molecule has 0 saturated heterocycles. The van der Waals surface area contributed by atoms with Crippen LogP contribution in [0, 0.1) is 12.8 Å². The zero-order valence-corrected chi connectivity index (χ0v) is 16.0. The third-order valence-electron chi connectivity index (χ3n) is 3.07. The predicted octanol–water partition coefficient (Wildman–Crippen LogP) is 3.52. The van der Waals surface area contributed by atoms with Gasteiger partial charge in [0.05, 0.1) is 10.9 Å². The van der Waals surface area contributed by atoms with E-state index in [1.807, 2.05) is 32.0 Å². The lowest BCUT2D eigenvalue weighted by Crippen LogP contribution is -2.23. The summed E-state index contributed by atoms with van der Waals surface area (Å²) in [6.07, 6.45) is 0. The third kappa shape index (κ3) is 5.04. The fourth-order valence-electron chi connectivity index (χ4n) is 1.91. The number of halogens is 1. The van der Waals surface area contributed by atoms with Crippen LogP contribution in [0.15, 0.2) is 27.8 Å². The minimum absolute atomic E-state index is 0.0846. The highest BCUT2D eigenvalue weighted by molar-refractivity contribution is 9.10. The Morgan fingerprint density at radius 1 is 1.39 bits per heavy atom. The first-order valence-electron chi connectivity index (χ1n) is 7.36. The van der Waals surface area contributed by atoms with Gasteiger partial charge in [-0.2, -0.15) is 0 Å².